The Morgan fingerprint density at radius 1 is 1.38 bits per heavy atom. The second-order valence-corrected chi connectivity index (χ2v) is 8.48. The zero-order valence-electron chi connectivity index (χ0n) is 12.5. The van der Waals surface area contributed by atoms with Gasteiger partial charge in [-0.1, -0.05) is 17.8 Å². The third-order valence-corrected chi connectivity index (χ3v) is 5.98. The lowest BCUT2D eigenvalue weighted by Crippen LogP contribution is -2.15. The molecule has 1 aromatic carbocycles. The highest BCUT2D eigenvalue weighted by atomic mass is 79.9. The molecule has 0 spiro atoms. The number of aryl methyl sites for hydroxylation is 1. The number of aromatic amines is 1. The first-order chi connectivity index (χ1) is 11.5. The van der Waals surface area contributed by atoms with Crippen LogP contribution in [0.1, 0.15) is 5.56 Å². The molecule has 3 aromatic rings. The Kier molecular flexibility index (Phi) is 5.75. The molecule has 0 unspecified atom stereocenters. The van der Waals surface area contributed by atoms with E-state index in [9.17, 15) is 4.79 Å². The number of thiophene rings is 1. The van der Waals surface area contributed by atoms with E-state index in [0.717, 1.165) is 30.9 Å². The molecule has 5 nitrogen and oxygen atoms in total. The molecule has 1 amide bonds. The van der Waals surface area contributed by atoms with Gasteiger partial charge in [-0.3, -0.25) is 9.89 Å². The maximum Gasteiger partial charge on any atom is 0.234 e. The first-order valence-corrected chi connectivity index (χ1v) is 10.3. The van der Waals surface area contributed by atoms with Crippen molar-refractivity contribution in [1.29, 1.82) is 0 Å². The van der Waals surface area contributed by atoms with Gasteiger partial charge in [0.2, 0.25) is 11.1 Å². The molecule has 124 valence electrons. The van der Waals surface area contributed by atoms with Crippen LogP contribution in [0.15, 0.2) is 43.7 Å². The molecule has 0 aliphatic heterocycles. The predicted molar refractivity (Wildman–Crippen MR) is 106 cm³/mol. The van der Waals surface area contributed by atoms with Crippen molar-refractivity contribution in [1.82, 2.24) is 15.2 Å². The van der Waals surface area contributed by atoms with Crippen LogP contribution < -0.4 is 5.32 Å². The Morgan fingerprint density at radius 2 is 2.12 bits per heavy atom. The highest BCUT2D eigenvalue weighted by Crippen LogP contribution is 2.32. The van der Waals surface area contributed by atoms with Crippen LogP contribution >= 0.6 is 55.0 Å². The number of nitrogens with zero attached hydrogens (tertiary/aromatic N) is 2. The minimum atomic E-state index is -0.118. The van der Waals surface area contributed by atoms with Crippen LogP contribution in [0, 0.1) is 6.92 Å². The summed E-state index contributed by atoms with van der Waals surface area (Å²) < 4.78 is 1.68. The summed E-state index contributed by atoms with van der Waals surface area (Å²) in [6.45, 7) is 1.99. The number of thioether (sulfide) groups is 1. The van der Waals surface area contributed by atoms with Crippen molar-refractivity contribution in [3.63, 3.8) is 0 Å². The summed E-state index contributed by atoms with van der Waals surface area (Å²) in [6.07, 6.45) is 0. The third-order valence-electron chi connectivity index (χ3n) is 3.00. The largest absolute Gasteiger partial charge is 0.323 e. The molecule has 2 heterocycles. The van der Waals surface area contributed by atoms with Crippen molar-refractivity contribution in [2.45, 2.75) is 12.1 Å². The summed E-state index contributed by atoms with van der Waals surface area (Å²) in [5.74, 6) is 0.832. The number of amides is 1. The molecule has 0 bridgehead atoms. The second-order valence-electron chi connectivity index (χ2n) is 4.88. The molecule has 24 heavy (non-hydrogen) atoms. The van der Waals surface area contributed by atoms with Crippen LogP contribution in [0.5, 0.6) is 0 Å². The van der Waals surface area contributed by atoms with E-state index in [2.05, 4.69) is 52.4 Å². The molecule has 0 saturated heterocycles. The van der Waals surface area contributed by atoms with Gasteiger partial charge in [-0.15, -0.1) is 16.4 Å². The molecule has 0 aliphatic rings. The third kappa shape index (κ3) is 4.27. The molecular weight excluding hydrogens is 476 g/mol. The lowest BCUT2D eigenvalue weighted by molar-refractivity contribution is -0.113. The summed E-state index contributed by atoms with van der Waals surface area (Å²) in [6, 6.07) is 7.84. The topological polar surface area (TPSA) is 70.7 Å². The fourth-order valence-electron chi connectivity index (χ4n) is 1.96. The Bertz CT molecular complexity index is 841. The zero-order valence-corrected chi connectivity index (χ0v) is 17.3. The van der Waals surface area contributed by atoms with Crippen molar-refractivity contribution in [2.75, 3.05) is 11.1 Å². The van der Waals surface area contributed by atoms with Crippen LogP contribution in [0.2, 0.25) is 0 Å². The Hall–Kier alpha value is -1.16. The molecule has 0 fully saturated rings. The van der Waals surface area contributed by atoms with E-state index in [4.69, 9.17) is 0 Å². The number of carbonyl (C=O) groups is 1. The van der Waals surface area contributed by atoms with Gasteiger partial charge in [-0.25, -0.2) is 4.98 Å². The van der Waals surface area contributed by atoms with Crippen LogP contribution in [-0.4, -0.2) is 26.8 Å². The van der Waals surface area contributed by atoms with Crippen LogP contribution in [0.3, 0.4) is 0 Å². The molecule has 2 N–H and O–H groups in total. The quantitative estimate of drug-likeness (QED) is 0.491. The molecule has 3 rings (SSSR count). The highest BCUT2D eigenvalue weighted by molar-refractivity contribution is 9.11. The van der Waals surface area contributed by atoms with E-state index in [-0.39, 0.29) is 11.7 Å². The van der Waals surface area contributed by atoms with Gasteiger partial charge in [0.15, 0.2) is 5.82 Å². The van der Waals surface area contributed by atoms with E-state index in [1.165, 1.54) is 11.8 Å². The molecule has 2 aromatic heterocycles. The van der Waals surface area contributed by atoms with E-state index in [1.54, 1.807) is 11.3 Å². The average Bonchev–Trinajstić information content (AvgIpc) is 3.19. The van der Waals surface area contributed by atoms with Gasteiger partial charge in [0, 0.05) is 8.95 Å². The fourth-order valence-corrected chi connectivity index (χ4v) is 4.84. The fraction of sp³-hybridized carbons (Fsp3) is 0.133. The first-order valence-electron chi connectivity index (χ1n) is 6.87. The number of nitrogens with one attached hydrogen (secondary N) is 2. The average molecular weight is 488 g/mol. The lowest BCUT2D eigenvalue weighted by atomic mass is 10.2. The smallest absolute Gasteiger partial charge is 0.234 e. The number of halogens is 2. The van der Waals surface area contributed by atoms with Gasteiger partial charge < -0.3 is 5.32 Å². The molecule has 0 aliphatic carbocycles. The Balaban J connectivity index is 1.60. The summed E-state index contributed by atoms with van der Waals surface area (Å²) in [5, 5.41) is 12.4. The Labute approximate surface area is 163 Å². The van der Waals surface area contributed by atoms with Gasteiger partial charge in [0.05, 0.1) is 16.3 Å². The molecule has 0 saturated carbocycles. The normalized spacial score (nSPS) is 10.8. The van der Waals surface area contributed by atoms with Crippen LogP contribution in [0.4, 0.5) is 5.69 Å². The van der Waals surface area contributed by atoms with Gasteiger partial charge in [-0.05, 0) is 67.9 Å². The minimum Gasteiger partial charge on any atom is -0.323 e. The number of aromatic nitrogens is 3. The zero-order chi connectivity index (χ0) is 17.1. The number of hydrogen-bond acceptors (Lipinski definition) is 5. The van der Waals surface area contributed by atoms with E-state index < -0.39 is 0 Å². The maximum absolute atomic E-state index is 12.2. The molecule has 9 heteroatoms. The first kappa shape index (κ1) is 17.7. The van der Waals surface area contributed by atoms with Crippen molar-refractivity contribution in [2.24, 2.45) is 0 Å². The lowest BCUT2D eigenvalue weighted by Gasteiger charge is -2.10. The number of carbonyl (C=O) groups excluding carboxylic acids is 1. The van der Waals surface area contributed by atoms with Crippen molar-refractivity contribution in [3.8, 4) is 10.7 Å². The van der Waals surface area contributed by atoms with Gasteiger partial charge in [0.25, 0.3) is 0 Å². The minimum absolute atomic E-state index is 0.118. The van der Waals surface area contributed by atoms with Gasteiger partial charge >= 0.3 is 0 Å². The number of benzene rings is 1. The predicted octanol–water partition coefficient (Wildman–Crippen LogP) is 5.10. The molecule has 0 radical (unpaired) electrons. The van der Waals surface area contributed by atoms with Gasteiger partial charge in [0.1, 0.15) is 0 Å². The maximum atomic E-state index is 12.2. The van der Waals surface area contributed by atoms with Crippen molar-refractivity contribution >= 4 is 66.6 Å². The highest BCUT2D eigenvalue weighted by Gasteiger charge is 2.13. The summed E-state index contributed by atoms with van der Waals surface area (Å²) >= 11 is 9.81. The number of rotatable bonds is 5. The SMILES string of the molecule is Cc1cc(Br)c(NC(=O)CSc2n[nH]c(-c3cccs3)n2)c(Br)c1. The van der Waals surface area contributed by atoms with Crippen LogP contribution in [-0.2, 0) is 4.79 Å². The number of hydrogen-bond donors (Lipinski definition) is 2. The molecular formula is C15H12Br2N4OS2. The standard InChI is InChI=1S/C15H12Br2N4OS2/c1-8-5-9(16)13(10(17)6-8)18-12(22)7-24-15-19-14(20-21-15)11-3-2-4-23-11/h2-6H,7H2,1H3,(H,18,22)(H,19,20,21). The summed E-state index contributed by atoms with van der Waals surface area (Å²) in [5.41, 5.74) is 1.82. The summed E-state index contributed by atoms with van der Waals surface area (Å²) in [7, 11) is 0. The number of H-pyrrole nitrogens is 1. The van der Waals surface area contributed by atoms with E-state index in [0.29, 0.717) is 5.16 Å². The monoisotopic (exact) mass is 486 g/mol. The van der Waals surface area contributed by atoms with Crippen LogP contribution in [0.25, 0.3) is 10.7 Å². The van der Waals surface area contributed by atoms with Crippen molar-refractivity contribution in [3.05, 3.63) is 44.2 Å². The van der Waals surface area contributed by atoms with Crippen molar-refractivity contribution < 1.29 is 4.79 Å². The number of anilines is 1. The summed E-state index contributed by atoms with van der Waals surface area (Å²) in [4.78, 5) is 17.6. The van der Waals surface area contributed by atoms with Gasteiger partial charge in [-0.2, -0.15) is 0 Å². The van der Waals surface area contributed by atoms with E-state index >= 15 is 0 Å². The Morgan fingerprint density at radius 3 is 2.79 bits per heavy atom. The van der Waals surface area contributed by atoms with E-state index in [1.807, 2.05) is 36.6 Å². The second kappa shape index (κ2) is 7.81. The molecule has 0 atom stereocenters.